The lowest BCUT2D eigenvalue weighted by Gasteiger charge is -2.29. The summed E-state index contributed by atoms with van der Waals surface area (Å²) in [6, 6.07) is 5.31. The Morgan fingerprint density at radius 3 is 2.61 bits per heavy atom. The van der Waals surface area contributed by atoms with Crippen LogP contribution in [-0.2, 0) is 0 Å². The number of carbonyl (C=O) groups is 1. The topological polar surface area (TPSA) is 55.1 Å². The summed E-state index contributed by atoms with van der Waals surface area (Å²) < 4.78 is 0.657. The van der Waals surface area contributed by atoms with E-state index in [1.54, 1.807) is 18.2 Å². The Bertz CT molecular complexity index is 441. The van der Waals surface area contributed by atoms with E-state index in [0.29, 0.717) is 28.2 Å². The summed E-state index contributed by atoms with van der Waals surface area (Å²) in [6.45, 7) is 9.24. The van der Waals surface area contributed by atoms with Gasteiger partial charge in [-0.15, -0.1) is 0 Å². The molecule has 0 aromatic heterocycles. The van der Waals surface area contributed by atoms with Crippen molar-refractivity contribution in [3.63, 3.8) is 0 Å². The van der Waals surface area contributed by atoms with Gasteiger partial charge in [0.05, 0.1) is 10.0 Å². The maximum absolute atomic E-state index is 12.1. The molecule has 0 saturated heterocycles. The Morgan fingerprint density at radius 1 is 1.44 bits per heavy atom. The third-order valence-corrected chi connectivity index (χ3v) is 4.43. The molecule has 3 N–H and O–H groups in total. The summed E-state index contributed by atoms with van der Waals surface area (Å²) in [5.41, 5.74) is 6.99. The van der Waals surface area contributed by atoms with Gasteiger partial charge in [-0.2, -0.15) is 0 Å². The smallest absolute Gasteiger partial charge is 0.252 e. The minimum absolute atomic E-state index is 0.0719. The van der Waals surface area contributed by atoms with Gasteiger partial charge in [0, 0.05) is 12.2 Å². The zero-order chi connectivity index (χ0) is 13.9. The zero-order valence-corrected chi connectivity index (χ0v) is 13.0. The van der Waals surface area contributed by atoms with Crippen LogP contribution >= 0.6 is 15.9 Å². The monoisotopic (exact) mass is 312 g/mol. The molecule has 0 spiro atoms. The van der Waals surface area contributed by atoms with Crippen LogP contribution in [0.25, 0.3) is 0 Å². The minimum Gasteiger partial charge on any atom is -0.398 e. The van der Waals surface area contributed by atoms with E-state index in [0.717, 1.165) is 0 Å². The number of halogens is 1. The number of hydrogen-bond acceptors (Lipinski definition) is 2. The Hall–Kier alpha value is -1.03. The predicted octanol–water partition coefficient (Wildman–Crippen LogP) is 3.44. The first kappa shape index (κ1) is 15.0. The van der Waals surface area contributed by atoms with E-state index in [1.807, 2.05) is 0 Å². The molecule has 0 bridgehead atoms. The number of rotatable bonds is 4. The van der Waals surface area contributed by atoms with Crippen molar-refractivity contribution in [3.8, 4) is 0 Å². The SMILES string of the molecule is CC(C)C(C)(C)CNC(=O)c1cccc(N)c1Br. The van der Waals surface area contributed by atoms with E-state index < -0.39 is 0 Å². The van der Waals surface area contributed by atoms with Gasteiger partial charge in [-0.3, -0.25) is 4.79 Å². The maximum Gasteiger partial charge on any atom is 0.252 e. The number of carbonyl (C=O) groups excluding carboxylic acids is 1. The number of nitrogen functional groups attached to an aromatic ring is 1. The van der Waals surface area contributed by atoms with Gasteiger partial charge in [-0.05, 0) is 39.4 Å². The lowest BCUT2D eigenvalue weighted by atomic mass is 9.81. The van der Waals surface area contributed by atoms with Crippen molar-refractivity contribution in [2.75, 3.05) is 12.3 Å². The third kappa shape index (κ3) is 3.48. The molecule has 0 heterocycles. The lowest BCUT2D eigenvalue weighted by Crippen LogP contribution is -2.37. The largest absolute Gasteiger partial charge is 0.398 e. The molecule has 0 aliphatic heterocycles. The highest BCUT2D eigenvalue weighted by atomic mass is 79.9. The molecule has 0 aliphatic carbocycles. The molecule has 0 fully saturated rings. The lowest BCUT2D eigenvalue weighted by molar-refractivity contribution is 0.0924. The highest BCUT2D eigenvalue weighted by Crippen LogP contribution is 2.26. The molecular formula is C14H21BrN2O. The highest BCUT2D eigenvalue weighted by molar-refractivity contribution is 9.10. The summed E-state index contributed by atoms with van der Waals surface area (Å²) in [4.78, 5) is 12.1. The van der Waals surface area contributed by atoms with Gasteiger partial charge in [0.25, 0.3) is 5.91 Å². The van der Waals surface area contributed by atoms with E-state index in [2.05, 4.69) is 48.9 Å². The number of amides is 1. The van der Waals surface area contributed by atoms with Crippen LogP contribution in [0.15, 0.2) is 22.7 Å². The van der Waals surface area contributed by atoms with Crippen molar-refractivity contribution in [2.24, 2.45) is 11.3 Å². The van der Waals surface area contributed by atoms with Gasteiger partial charge in [0.2, 0.25) is 0 Å². The molecule has 0 radical (unpaired) electrons. The fourth-order valence-electron chi connectivity index (χ4n) is 1.33. The fourth-order valence-corrected chi connectivity index (χ4v) is 1.78. The van der Waals surface area contributed by atoms with Crippen molar-refractivity contribution in [1.82, 2.24) is 5.32 Å². The van der Waals surface area contributed by atoms with Crippen LogP contribution in [0.4, 0.5) is 5.69 Å². The van der Waals surface area contributed by atoms with E-state index in [1.165, 1.54) is 0 Å². The molecule has 1 aromatic carbocycles. The molecule has 0 atom stereocenters. The van der Waals surface area contributed by atoms with E-state index in [9.17, 15) is 4.79 Å². The Kier molecular flexibility index (Phi) is 4.79. The van der Waals surface area contributed by atoms with Crippen molar-refractivity contribution in [1.29, 1.82) is 0 Å². The van der Waals surface area contributed by atoms with Crippen LogP contribution in [-0.4, -0.2) is 12.5 Å². The van der Waals surface area contributed by atoms with Crippen LogP contribution in [0.5, 0.6) is 0 Å². The summed E-state index contributed by atoms with van der Waals surface area (Å²) in [5.74, 6) is 0.407. The van der Waals surface area contributed by atoms with Gasteiger partial charge in [-0.25, -0.2) is 0 Å². The molecule has 0 unspecified atom stereocenters. The predicted molar refractivity (Wildman–Crippen MR) is 79.5 cm³/mol. The van der Waals surface area contributed by atoms with E-state index in [-0.39, 0.29) is 11.3 Å². The second-order valence-corrected chi connectivity index (χ2v) is 6.33. The Labute approximate surface area is 117 Å². The number of anilines is 1. The summed E-state index contributed by atoms with van der Waals surface area (Å²) in [6.07, 6.45) is 0. The first-order valence-electron chi connectivity index (χ1n) is 6.08. The quantitative estimate of drug-likeness (QED) is 0.837. The summed E-state index contributed by atoms with van der Waals surface area (Å²) in [5, 5.41) is 2.96. The molecule has 1 amide bonds. The minimum atomic E-state index is -0.0945. The van der Waals surface area contributed by atoms with Gasteiger partial charge >= 0.3 is 0 Å². The number of nitrogens with two attached hydrogens (primary N) is 1. The van der Waals surface area contributed by atoms with Crippen molar-refractivity contribution >= 4 is 27.5 Å². The van der Waals surface area contributed by atoms with Crippen LogP contribution in [0, 0.1) is 11.3 Å². The zero-order valence-electron chi connectivity index (χ0n) is 11.4. The molecule has 3 nitrogen and oxygen atoms in total. The summed E-state index contributed by atoms with van der Waals surface area (Å²) >= 11 is 3.34. The van der Waals surface area contributed by atoms with Gasteiger partial charge in [-0.1, -0.05) is 33.8 Å². The van der Waals surface area contributed by atoms with Crippen LogP contribution < -0.4 is 11.1 Å². The fraction of sp³-hybridized carbons (Fsp3) is 0.500. The van der Waals surface area contributed by atoms with E-state index >= 15 is 0 Å². The molecule has 100 valence electrons. The molecule has 0 saturated carbocycles. The normalized spacial score (nSPS) is 11.7. The number of benzene rings is 1. The van der Waals surface area contributed by atoms with Crippen LogP contribution in [0.1, 0.15) is 38.1 Å². The first-order valence-corrected chi connectivity index (χ1v) is 6.87. The second-order valence-electron chi connectivity index (χ2n) is 5.53. The number of hydrogen-bond donors (Lipinski definition) is 2. The average Bonchev–Trinajstić information content (AvgIpc) is 2.29. The second kappa shape index (κ2) is 5.74. The maximum atomic E-state index is 12.1. The Morgan fingerprint density at radius 2 is 2.06 bits per heavy atom. The van der Waals surface area contributed by atoms with Crippen molar-refractivity contribution in [3.05, 3.63) is 28.2 Å². The molecular weight excluding hydrogens is 292 g/mol. The molecule has 0 aliphatic rings. The van der Waals surface area contributed by atoms with Gasteiger partial charge < -0.3 is 11.1 Å². The van der Waals surface area contributed by atoms with E-state index in [4.69, 9.17) is 5.73 Å². The molecule has 4 heteroatoms. The molecule has 1 rings (SSSR count). The van der Waals surface area contributed by atoms with Crippen LogP contribution in [0.3, 0.4) is 0 Å². The first-order chi connectivity index (χ1) is 8.25. The molecule has 18 heavy (non-hydrogen) atoms. The molecule has 1 aromatic rings. The average molecular weight is 313 g/mol. The van der Waals surface area contributed by atoms with Crippen molar-refractivity contribution in [2.45, 2.75) is 27.7 Å². The number of nitrogens with one attached hydrogen (secondary N) is 1. The van der Waals surface area contributed by atoms with Gasteiger partial charge in [0.1, 0.15) is 0 Å². The standard InChI is InChI=1S/C14H21BrN2O/c1-9(2)14(3,4)8-17-13(18)10-6-5-7-11(16)12(10)15/h5-7,9H,8,16H2,1-4H3,(H,17,18). The van der Waals surface area contributed by atoms with Crippen molar-refractivity contribution < 1.29 is 4.79 Å². The summed E-state index contributed by atoms with van der Waals surface area (Å²) in [7, 11) is 0. The van der Waals surface area contributed by atoms with Gasteiger partial charge in [0.15, 0.2) is 0 Å². The highest BCUT2D eigenvalue weighted by Gasteiger charge is 2.23. The van der Waals surface area contributed by atoms with Crippen LogP contribution in [0.2, 0.25) is 0 Å². The Balaban J connectivity index is 2.75. The third-order valence-electron chi connectivity index (χ3n) is 3.54.